The van der Waals surface area contributed by atoms with E-state index in [2.05, 4.69) is 17.1 Å². The topological polar surface area (TPSA) is 73.1 Å². The monoisotopic (exact) mass is 474 g/mol. The first kappa shape index (κ1) is 23.1. The molecule has 0 atom stereocenters. The zero-order chi connectivity index (χ0) is 23.9. The maximum Gasteiger partial charge on any atom is 0.307 e. The van der Waals surface area contributed by atoms with Crippen LogP contribution in [0.5, 0.6) is 11.5 Å². The smallest absolute Gasteiger partial charge is 0.307 e. The molecule has 1 heterocycles. The van der Waals surface area contributed by atoms with Gasteiger partial charge in [0.25, 0.3) is 0 Å². The van der Waals surface area contributed by atoms with Crippen molar-refractivity contribution in [1.29, 1.82) is 0 Å². The molecule has 7 heteroatoms. The van der Waals surface area contributed by atoms with Crippen molar-refractivity contribution in [1.82, 2.24) is 5.43 Å². The van der Waals surface area contributed by atoms with Crippen molar-refractivity contribution < 1.29 is 18.7 Å². The lowest BCUT2D eigenvalue weighted by molar-refractivity contribution is 0.0929. The number of hydrogen-bond acceptors (Lipinski definition) is 5. The lowest BCUT2D eigenvalue weighted by atomic mass is 10.1. The summed E-state index contributed by atoms with van der Waals surface area (Å²) in [5.41, 5.74) is 5.74. The summed E-state index contributed by atoms with van der Waals surface area (Å²) < 4.78 is 17.2. The van der Waals surface area contributed by atoms with Crippen LogP contribution >= 0.6 is 11.6 Å². The number of furan rings is 1. The van der Waals surface area contributed by atoms with E-state index in [0.717, 1.165) is 22.1 Å². The van der Waals surface area contributed by atoms with E-state index in [0.29, 0.717) is 35.1 Å². The van der Waals surface area contributed by atoms with Crippen LogP contribution in [0.15, 0.2) is 88.9 Å². The molecule has 0 saturated carbocycles. The SMILES string of the molecule is C=CCc1cc(C=NNC(=O)c2cc3ccccc3o2)cc(OC)c1OCc1ccc(Cl)cc1. The minimum absolute atomic E-state index is 0.189. The second kappa shape index (κ2) is 10.7. The lowest BCUT2D eigenvalue weighted by Gasteiger charge is -2.16. The maximum absolute atomic E-state index is 12.4. The molecule has 0 aliphatic heterocycles. The molecule has 0 saturated heterocycles. The fourth-order valence-corrected chi connectivity index (χ4v) is 3.56. The molecular formula is C27H23ClN2O4. The first-order valence-corrected chi connectivity index (χ1v) is 11.0. The highest BCUT2D eigenvalue weighted by atomic mass is 35.5. The number of nitrogens with zero attached hydrogens (tertiary/aromatic N) is 1. The molecule has 4 rings (SSSR count). The fourth-order valence-electron chi connectivity index (χ4n) is 3.43. The number of amides is 1. The Balaban J connectivity index is 1.50. The normalized spacial score (nSPS) is 11.0. The fraction of sp³-hybridized carbons (Fsp3) is 0.111. The van der Waals surface area contributed by atoms with Crippen LogP contribution in [0.25, 0.3) is 11.0 Å². The molecule has 1 aromatic heterocycles. The van der Waals surface area contributed by atoms with E-state index in [1.165, 1.54) is 0 Å². The highest BCUT2D eigenvalue weighted by molar-refractivity contribution is 6.30. The number of carbonyl (C=O) groups excluding carboxylic acids is 1. The second-order valence-electron chi connectivity index (χ2n) is 7.47. The van der Waals surface area contributed by atoms with Gasteiger partial charge in [0.05, 0.1) is 13.3 Å². The Morgan fingerprint density at radius 2 is 1.94 bits per heavy atom. The number of halogens is 1. The third-order valence-corrected chi connectivity index (χ3v) is 5.32. The van der Waals surface area contributed by atoms with Gasteiger partial charge in [-0.25, -0.2) is 5.43 Å². The molecule has 1 N–H and O–H groups in total. The zero-order valence-corrected chi connectivity index (χ0v) is 19.3. The molecule has 0 aliphatic carbocycles. The number of hydrazone groups is 1. The molecule has 34 heavy (non-hydrogen) atoms. The van der Waals surface area contributed by atoms with Gasteiger partial charge in [-0.2, -0.15) is 5.10 Å². The van der Waals surface area contributed by atoms with Crippen molar-refractivity contribution in [3.05, 3.63) is 107 Å². The van der Waals surface area contributed by atoms with Crippen molar-refractivity contribution in [3.63, 3.8) is 0 Å². The predicted molar refractivity (Wildman–Crippen MR) is 134 cm³/mol. The third kappa shape index (κ3) is 5.47. The van der Waals surface area contributed by atoms with E-state index in [-0.39, 0.29) is 5.76 Å². The van der Waals surface area contributed by atoms with Gasteiger partial charge in [-0.1, -0.05) is 48.0 Å². The van der Waals surface area contributed by atoms with Crippen molar-refractivity contribution in [2.75, 3.05) is 7.11 Å². The minimum Gasteiger partial charge on any atom is -0.493 e. The Morgan fingerprint density at radius 1 is 1.15 bits per heavy atom. The molecule has 0 unspecified atom stereocenters. The Labute approximate surface area is 202 Å². The Kier molecular flexibility index (Phi) is 7.30. The van der Waals surface area contributed by atoms with E-state index < -0.39 is 5.91 Å². The molecule has 0 radical (unpaired) electrons. The summed E-state index contributed by atoms with van der Waals surface area (Å²) in [5.74, 6) is 0.932. The van der Waals surface area contributed by atoms with Crippen molar-refractivity contribution in [3.8, 4) is 11.5 Å². The quantitative estimate of drug-likeness (QED) is 0.179. The van der Waals surface area contributed by atoms with Crippen molar-refractivity contribution in [2.24, 2.45) is 5.10 Å². The molecule has 172 valence electrons. The molecule has 0 spiro atoms. The standard InChI is InChI=1S/C27H23ClN2O4/c1-3-6-21-13-19(14-24(32-2)26(21)33-17-18-9-11-22(28)12-10-18)16-29-30-27(31)25-15-20-7-4-5-8-23(20)34-25/h3-5,7-16H,1,6,17H2,2H3,(H,30,31). The van der Waals surface area contributed by atoms with Crippen LogP contribution in [-0.2, 0) is 13.0 Å². The van der Waals surface area contributed by atoms with E-state index in [1.54, 1.807) is 37.6 Å². The van der Waals surface area contributed by atoms with Gasteiger partial charge in [-0.05, 0) is 53.9 Å². The van der Waals surface area contributed by atoms with E-state index in [9.17, 15) is 4.79 Å². The van der Waals surface area contributed by atoms with Crippen LogP contribution in [-0.4, -0.2) is 19.2 Å². The number of methoxy groups -OCH3 is 1. The summed E-state index contributed by atoms with van der Waals surface area (Å²) in [6, 6.07) is 20.3. The summed E-state index contributed by atoms with van der Waals surface area (Å²) in [4.78, 5) is 12.4. The van der Waals surface area contributed by atoms with Crippen LogP contribution in [0.2, 0.25) is 5.02 Å². The van der Waals surface area contributed by atoms with E-state index in [4.69, 9.17) is 25.5 Å². The number of nitrogens with one attached hydrogen (secondary N) is 1. The van der Waals surface area contributed by atoms with Crippen LogP contribution < -0.4 is 14.9 Å². The number of benzene rings is 3. The molecule has 3 aromatic carbocycles. The van der Waals surface area contributed by atoms with Gasteiger partial charge in [0.2, 0.25) is 0 Å². The van der Waals surface area contributed by atoms with Gasteiger partial charge in [0, 0.05) is 16.0 Å². The van der Waals surface area contributed by atoms with Crippen LogP contribution in [0.3, 0.4) is 0 Å². The van der Waals surface area contributed by atoms with Gasteiger partial charge < -0.3 is 13.9 Å². The predicted octanol–water partition coefficient (Wildman–Crippen LogP) is 6.17. The molecule has 4 aromatic rings. The summed E-state index contributed by atoms with van der Waals surface area (Å²) >= 11 is 5.96. The largest absolute Gasteiger partial charge is 0.493 e. The van der Waals surface area contributed by atoms with Crippen LogP contribution in [0.4, 0.5) is 0 Å². The first-order valence-electron chi connectivity index (χ1n) is 10.6. The lowest BCUT2D eigenvalue weighted by Crippen LogP contribution is -2.16. The number of hydrogen-bond donors (Lipinski definition) is 1. The van der Waals surface area contributed by atoms with Gasteiger partial charge in [-0.3, -0.25) is 4.79 Å². The Bertz CT molecular complexity index is 1310. The summed E-state index contributed by atoms with van der Waals surface area (Å²) in [7, 11) is 1.58. The molecule has 0 fully saturated rings. The van der Waals surface area contributed by atoms with Gasteiger partial charge >= 0.3 is 5.91 Å². The number of allylic oxidation sites excluding steroid dienone is 1. The highest BCUT2D eigenvalue weighted by Crippen LogP contribution is 2.34. The highest BCUT2D eigenvalue weighted by Gasteiger charge is 2.14. The Morgan fingerprint density at radius 3 is 2.68 bits per heavy atom. The molecule has 0 bridgehead atoms. The van der Waals surface area contributed by atoms with Crippen LogP contribution in [0.1, 0.15) is 27.2 Å². The molecule has 0 aliphatic rings. The number of rotatable bonds is 9. The van der Waals surface area contributed by atoms with E-state index >= 15 is 0 Å². The van der Waals surface area contributed by atoms with Crippen LogP contribution in [0, 0.1) is 0 Å². The summed E-state index contributed by atoms with van der Waals surface area (Å²) in [6.07, 6.45) is 3.90. The minimum atomic E-state index is -0.436. The van der Waals surface area contributed by atoms with E-state index in [1.807, 2.05) is 48.5 Å². The number of fused-ring (bicyclic) bond motifs is 1. The van der Waals surface area contributed by atoms with Gasteiger partial charge in [0.15, 0.2) is 17.3 Å². The zero-order valence-electron chi connectivity index (χ0n) is 18.6. The third-order valence-electron chi connectivity index (χ3n) is 5.06. The van der Waals surface area contributed by atoms with Gasteiger partial charge in [-0.15, -0.1) is 6.58 Å². The number of para-hydroxylation sites is 1. The maximum atomic E-state index is 12.4. The van der Waals surface area contributed by atoms with Crippen molar-refractivity contribution >= 4 is 34.7 Å². The summed E-state index contributed by atoms with van der Waals surface area (Å²) in [5, 5.41) is 5.60. The molecule has 1 amide bonds. The average molecular weight is 475 g/mol. The Hall–Kier alpha value is -4.03. The average Bonchev–Trinajstić information content (AvgIpc) is 3.29. The number of carbonyl (C=O) groups is 1. The van der Waals surface area contributed by atoms with Gasteiger partial charge in [0.1, 0.15) is 12.2 Å². The number of ether oxygens (including phenoxy) is 2. The molecule has 6 nitrogen and oxygen atoms in total. The second-order valence-corrected chi connectivity index (χ2v) is 7.90. The van der Waals surface area contributed by atoms with Crippen molar-refractivity contribution in [2.45, 2.75) is 13.0 Å². The first-order chi connectivity index (χ1) is 16.6. The molecular weight excluding hydrogens is 452 g/mol. The summed E-state index contributed by atoms with van der Waals surface area (Å²) in [6.45, 7) is 4.19.